The van der Waals surface area contributed by atoms with Crippen LogP contribution in [0, 0.1) is 0 Å². The lowest BCUT2D eigenvalue weighted by atomic mass is 10.1. The van der Waals surface area contributed by atoms with Crippen LogP contribution in [0.3, 0.4) is 0 Å². The Kier molecular flexibility index (Phi) is 6.97. The average molecular weight is 413 g/mol. The van der Waals surface area contributed by atoms with E-state index in [1.54, 1.807) is 74.4 Å². The van der Waals surface area contributed by atoms with Crippen molar-refractivity contribution in [3.8, 4) is 17.2 Å². The number of methoxy groups -OCH3 is 3. The first-order valence-electron chi connectivity index (χ1n) is 8.95. The van der Waals surface area contributed by atoms with Gasteiger partial charge in [-0.2, -0.15) is 0 Å². The topological polar surface area (TPSA) is 61.1 Å². The molecule has 29 heavy (non-hydrogen) atoms. The van der Waals surface area contributed by atoms with E-state index in [2.05, 4.69) is 0 Å². The Morgan fingerprint density at radius 2 is 1.86 bits per heavy atom. The lowest BCUT2D eigenvalue weighted by Gasteiger charge is -2.20. The number of nitrogens with zero attached hydrogens (tertiary/aromatic N) is 1. The molecular weight excluding hydrogens is 390 g/mol. The summed E-state index contributed by atoms with van der Waals surface area (Å²) in [6.07, 6.45) is 6.55. The first-order valence-corrected chi connectivity index (χ1v) is 9.83. The van der Waals surface area contributed by atoms with Gasteiger partial charge < -0.3 is 23.5 Å². The lowest BCUT2D eigenvalue weighted by molar-refractivity contribution is -0.127. The fourth-order valence-corrected chi connectivity index (χ4v) is 3.60. The number of rotatable bonds is 9. The van der Waals surface area contributed by atoms with Crippen LogP contribution in [0.5, 0.6) is 17.2 Å². The van der Waals surface area contributed by atoms with E-state index in [9.17, 15) is 4.79 Å². The van der Waals surface area contributed by atoms with Crippen molar-refractivity contribution in [1.29, 1.82) is 0 Å². The van der Waals surface area contributed by atoms with E-state index >= 15 is 0 Å². The molecule has 1 aromatic carbocycles. The summed E-state index contributed by atoms with van der Waals surface area (Å²) in [6.45, 7) is 0.994. The van der Waals surface area contributed by atoms with Crippen LogP contribution >= 0.6 is 11.3 Å². The normalized spacial score (nSPS) is 10.9. The Labute approximate surface area is 173 Å². The van der Waals surface area contributed by atoms with E-state index in [1.807, 2.05) is 23.6 Å². The van der Waals surface area contributed by atoms with Gasteiger partial charge in [0.25, 0.3) is 0 Å². The SMILES string of the molecule is COc1cc(/C=C/C(=O)N(Cc2ccoc2)Cc2cccs2)cc(OC)c1OC. The van der Waals surface area contributed by atoms with Crippen LogP contribution in [-0.2, 0) is 17.9 Å². The third-order valence-corrected chi connectivity index (χ3v) is 5.16. The molecule has 2 aromatic heterocycles. The minimum Gasteiger partial charge on any atom is -0.493 e. The van der Waals surface area contributed by atoms with Crippen LogP contribution in [-0.4, -0.2) is 32.1 Å². The number of thiophene rings is 1. The van der Waals surface area contributed by atoms with Crippen molar-refractivity contribution in [1.82, 2.24) is 4.90 Å². The van der Waals surface area contributed by atoms with E-state index in [0.29, 0.717) is 30.3 Å². The molecule has 3 rings (SSSR count). The maximum Gasteiger partial charge on any atom is 0.247 e. The third kappa shape index (κ3) is 5.20. The Morgan fingerprint density at radius 1 is 1.10 bits per heavy atom. The molecule has 0 atom stereocenters. The summed E-state index contributed by atoms with van der Waals surface area (Å²) in [7, 11) is 4.67. The summed E-state index contributed by atoms with van der Waals surface area (Å²) in [5, 5.41) is 2.00. The number of carbonyl (C=O) groups is 1. The van der Waals surface area contributed by atoms with E-state index in [4.69, 9.17) is 18.6 Å². The van der Waals surface area contributed by atoms with Crippen molar-refractivity contribution >= 4 is 23.3 Å². The number of furan rings is 1. The van der Waals surface area contributed by atoms with Crippen LogP contribution < -0.4 is 14.2 Å². The van der Waals surface area contributed by atoms with E-state index in [1.165, 1.54) is 0 Å². The largest absolute Gasteiger partial charge is 0.493 e. The number of benzene rings is 1. The molecule has 0 N–H and O–H groups in total. The van der Waals surface area contributed by atoms with E-state index in [0.717, 1.165) is 16.0 Å². The number of hydrogen-bond donors (Lipinski definition) is 0. The Balaban J connectivity index is 1.81. The Bertz CT molecular complexity index is 887. The molecule has 152 valence electrons. The Morgan fingerprint density at radius 3 is 2.41 bits per heavy atom. The van der Waals surface area contributed by atoms with Crippen molar-refractivity contribution in [3.63, 3.8) is 0 Å². The first kappa shape index (κ1) is 20.5. The molecule has 0 unspecified atom stereocenters. The van der Waals surface area contributed by atoms with E-state index < -0.39 is 0 Å². The van der Waals surface area contributed by atoms with Gasteiger partial charge in [0, 0.05) is 23.1 Å². The fraction of sp³-hybridized carbons (Fsp3) is 0.227. The molecule has 0 aliphatic carbocycles. The second-order valence-corrected chi connectivity index (χ2v) is 7.23. The number of amides is 1. The molecule has 0 bridgehead atoms. The molecule has 0 spiro atoms. The lowest BCUT2D eigenvalue weighted by Crippen LogP contribution is -2.27. The molecule has 0 saturated carbocycles. The summed E-state index contributed by atoms with van der Waals surface area (Å²) in [5.74, 6) is 1.48. The third-order valence-electron chi connectivity index (χ3n) is 4.30. The Hall–Kier alpha value is -3.19. The van der Waals surface area contributed by atoms with Gasteiger partial charge in [0.2, 0.25) is 11.7 Å². The number of ether oxygens (including phenoxy) is 3. The first-order chi connectivity index (χ1) is 14.1. The molecule has 0 saturated heterocycles. The van der Waals surface area contributed by atoms with Gasteiger partial charge in [-0.1, -0.05) is 6.07 Å². The van der Waals surface area contributed by atoms with Crippen molar-refractivity contribution in [2.45, 2.75) is 13.1 Å². The highest BCUT2D eigenvalue weighted by atomic mass is 32.1. The zero-order valence-corrected chi connectivity index (χ0v) is 17.4. The quantitative estimate of drug-likeness (QED) is 0.480. The summed E-state index contributed by atoms with van der Waals surface area (Å²) in [6, 6.07) is 9.45. The summed E-state index contributed by atoms with van der Waals surface area (Å²) in [5.41, 5.74) is 1.71. The molecular formula is C22H23NO5S. The van der Waals surface area contributed by atoms with Gasteiger partial charge in [-0.05, 0) is 41.3 Å². The van der Waals surface area contributed by atoms with Crippen molar-refractivity contribution in [3.05, 3.63) is 70.3 Å². The average Bonchev–Trinajstić information content (AvgIpc) is 3.44. The maximum absolute atomic E-state index is 12.9. The minimum atomic E-state index is -0.103. The van der Waals surface area contributed by atoms with Crippen LogP contribution in [0.2, 0.25) is 0 Å². The highest BCUT2D eigenvalue weighted by Gasteiger charge is 2.15. The highest BCUT2D eigenvalue weighted by molar-refractivity contribution is 7.09. The fourth-order valence-electron chi connectivity index (χ4n) is 2.88. The maximum atomic E-state index is 12.9. The summed E-state index contributed by atoms with van der Waals surface area (Å²) in [4.78, 5) is 15.8. The zero-order valence-electron chi connectivity index (χ0n) is 16.6. The second kappa shape index (κ2) is 9.84. The van der Waals surface area contributed by atoms with Crippen LogP contribution in [0.25, 0.3) is 6.08 Å². The van der Waals surface area contributed by atoms with Gasteiger partial charge in [0.15, 0.2) is 11.5 Å². The molecule has 0 fully saturated rings. The van der Waals surface area contributed by atoms with Gasteiger partial charge in [0.05, 0.1) is 40.4 Å². The van der Waals surface area contributed by atoms with Crippen molar-refractivity contribution < 1.29 is 23.4 Å². The molecule has 3 aromatic rings. The molecule has 6 nitrogen and oxygen atoms in total. The van der Waals surface area contributed by atoms with Gasteiger partial charge in [-0.15, -0.1) is 11.3 Å². The van der Waals surface area contributed by atoms with E-state index in [-0.39, 0.29) is 5.91 Å². The molecule has 0 aliphatic heterocycles. The van der Waals surface area contributed by atoms with Crippen molar-refractivity contribution in [2.75, 3.05) is 21.3 Å². The van der Waals surface area contributed by atoms with Gasteiger partial charge in [0.1, 0.15) is 0 Å². The zero-order chi connectivity index (χ0) is 20.6. The predicted octanol–water partition coefficient (Wildman–Crippen LogP) is 4.61. The summed E-state index contributed by atoms with van der Waals surface area (Å²) >= 11 is 1.62. The van der Waals surface area contributed by atoms with Gasteiger partial charge in [-0.25, -0.2) is 0 Å². The molecule has 2 heterocycles. The standard InChI is InChI=1S/C22H23NO5S/c1-25-19-11-16(12-20(26-2)22(19)27-3)6-7-21(24)23(13-17-8-9-28-15-17)14-18-5-4-10-29-18/h4-12,15H,13-14H2,1-3H3/b7-6+. The second-order valence-electron chi connectivity index (χ2n) is 6.20. The monoisotopic (exact) mass is 413 g/mol. The van der Waals surface area contributed by atoms with Gasteiger partial charge >= 0.3 is 0 Å². The molecule has 0 aliphatic rings. The molecule has 1 amide bonds. The van der Waals surface area contributed by atoms with Gasteiger partial charge in [-0.3, -0.25) is 4.79 Å². The summed E-state index contributed by atoms with van der Waals surface area (Å²) < 4.78 is 21.2. The highest BCUT2D eigenvalue weighted by Crippen LogP contribution is 2.38. The van der Waals surface area contributed by atoms with Crippen LogP contribution in [0.4, 0.5) is 0 Å². The minimum absolute atomic E-state index is 0.103. The molecule has 7 heteroatoms. The number of hydrogen-bond acceptors (Lipinski definition) is 6. The smallest absolute Gasteiger partial charge is 0.247 e. The number of carbonyl (C=O) groups excluding carboxylic acids is 1. The van der Waals surface area contributed by atoms with Crippen molar-refractivity contribution in [2.24, 2.45) is 0 Å². The van der Waals surface area contributed by atoms with Crippen LogP contribution in [0.15, 0.2) is 58.7 Å². The van der Waals surface area contributed by atoms with Crippen LogP contribution in [0.1, 0.15) is 16.0 Å². The molecule has 0 radical (unpaired) electrons. The predicted molar refractivity (Wildman–Crippen MR) is 112 cm³/mol.